The Morgan fingerprint density at radius 1 is 1.00 bits per heavy atom. The maximum absolute atomic E-state index is 5.97. The van der Waals surface area contributed by atoms with E-state index in [4.69, 9.17) is 5.73 Å². The fourth-order valence-electron chi connectivity index (χ4n) is 1.79. The lowest BCUT2D eigenvalue weighted by Crippen LogP contribution is -2.01. The second-order valence-electron chi connectivity index (χ2n) is 4.56. The van der Waals surface area contributed by atoms with Crippen molar-refractivity contribution in [1.82, 2.24) is 0 Å². The summed E-state index contributed by atoms with van der Waals surface area (Å²) in [5.41, 5.74) is 11.9. The molecule has 0 unspecified atom stereocenters. The van der Waals surface area contributed by atoms with Crippen LogP contribution in [0.5, 0.6) is 0 Å². The zero-order valence-electron chi connectivity index (χ0n) is 10.8. The zero-order valence-corrected chi connectivity index (χ0v) is 10.8. The summed E-state index contributed by atoms with van der Waals surface area (Å²) in [6.45, 7) is 8.14. The van der Waals surface area contributed by atoms with Crippen LogP contribution in [0.1, 0.15) is 16.7 Å². The van der Waals surface area contributed by atoms with E-state index in [9.17, 15) is 0 Å². The average molecular weight is 238 g/mol. The molecule has 2 nitrogen and oxygen atoms in total. The Labute approximate surface area is 108 Å². The summed E-state index contributed by atoms with van der Waals surface area (Å²) in [6, 6.07) is 14.2. The van der Waals surface area contributed by atoms with Crippen molar-refractivity contribution in [1.29, 1.82) is 0 Å². The third-order valence-electron chi connectivity index (χ3n) is 2.89. The van der Waals surface area contributed by atoms with Gasteiger partial charge in [-0.15, -0.1) is 0 Å². The molecular weight excluding hydrogens is 220 g/mol. The van der Waals surface area contributed by atoms with Crippen LogP contribution in [0.25, 0.3) is 5.70 Å². The minimum atomic E-state index is 0.739. The average Bonchev–Trinajstić information content (AvgIpc) is 2.33. The molecule has 0 aliphatic rings. The van der Waals surface area contributed by atoms with Crippen molar-refractivity contribution < 1.29 is 0 Å². The number of nitrogen functional groups attached to an aromatic ring is 1. The molecule has 0 aliphatic carbocycles. The Morgan fingerprint density at radius 2 is 1.61 bits per heavy atom. The minimum Gasteiger partial charge on any atom is -0.397 e. The van der Waals surface area contributed by atoms with E-state index in [-0.39, 0.29) is 0 Å². The Balaban J connectivity index is 2.18. The molecule has 0 atom stereocenters. The first-order valence-electron chi connectivity index (χ1n) is 5.95. The third kappa shape index (κ3) is 2.72. The number of hydrogen-bond acceptors (Lipinski definition) is 2. The van der Waals surface area contributed by atoms with Gasteiger partial charge in [0.2, 0.25) is 0 Å². The molecule has 0 radical (unpaired) electrons. The highest BCUT2D eigenvalue weighted by molar-refractivity contribution is 5.81. The normalized spacial score (nSPS) is 10.1. The summed E-state index contributed by atoms with van der Waals surface area (Å²) in [5.74, 6) is 0. The van der Waals surface area contributed by atoms with E-state index < -0.39 is 0 Å². The first-order chi connectivity index (χ1) is 8.56. The van der Waals surface area contributed by atoms with Gasteiger partial charge < -0.3 is 11.1 Å². The van der Waals surface area contributed by atoms with Gasteiger partial charge in [0.05, 0.1) is 11.4 Å². The van der Waals surface area contributed by atoms with Crippen LogP contribution in [0.2, 0.25) is 0 Å². The second-order valence-corrected chi connectivity index (χ2v) is 4.56. The zero-order chi connectivity index (χ0) is 13.1. The maximum atomic E-state index is 5.97. The maximum Gasteiger partial charge on any atom is 0.0618 e. The lowest BCUT2D eigenvalue weighted by Gasteiger charge is -2.12. The van der Waals surface area contributed by atoms with Crippen molar-refractivity contribution in [3.8, 4) is 0 Å². The van der Waals surface area contributed by atoms with Crippen LogP contribution >= 0.6 is 0 Å². The summed E-state index contributed by atoms with van der Waals surface area (Å²) in [5, 5.41) is 3.25. The van der Waals surface area contributed by atoms with Gasteiger partial charge in [-0.3, -0.25) is 0 Å². The standard InChI is InChI=1S/C16H18N2/c1-11-4-7-14(8-5-11)13(3)18-16-9-6-12(2)10-15(16)17/h4-10,18H,3,17H2,1-2H3. The van der Waals surface area contributed by atoms with E-state index in [1.54, 1.807) is 0 Å². The molecule has 0 saturated heterocycles. The number of nitrogens with two attached hydrogens (primary N) is 1. The molecular formula is C16H18N2. The van der Waals surface area contributed by atoms with Crippen LogP contribution in [-0.4, -0.2) is 0 Å². The van der Waals surface area contributed by atoms with Gasteiger partial charge >= 0.3 is 0 Å². The Kier molecular flexibility index (Phi) is 3.38. The van der Waals surface area contributed by atoms with Crippen molar-refractivity contribution in [3.63, 3.8) is 0 Å². The number of hydrogen-bond donors (Lipinski definition) is 2. The predicted molar refractivity (Wildman–Crippen MR) is 79.4 cm³/mol. The fourth-order valence-corrected chi connectivity index (χ4v) is 1.79. The van der Waals surface area contributed by atoms with E-state index in [2.05, 4.69) is 43.1 Å². The molecule has 92 valence electrons. The van der Waals surface area contributed by atoms with Gasteiger partial charge in [0.15, 0.2) is 0 Å². The quantitative estimate of drug-likeness (QED) is 0.794. The number of nitrogens with one attached hydrogen (secondary N) is 1. The molecule has 0 bridgehead atoms. The van der Waals surface area contributed by atoms with Crippen LogP contribution < -0.4 is 11.1 Å². The van der Waals surface area contributed by atoms with Gasteiger partial charge in [-0.1, -0.05) is 42.5 Å². The fraction of sp³-hybridized carbons (Fsp3) is 0.125. The molecule has 2 aromatic rings. The first-order valence-corrected chi connectivity index (χ1v) is 5.95. The van der Waals surface area contributed by atoms with E-state index >= 15 is 0 Å². The van der Waals surface area contributed by atoms with Crippen LogP contribution in [0.15, 0.2) is 49.0 Å². The molecule has 2 rings (SSSR count). The summed E-state index contributed by atoms with van der Waals surface area (Å²) in [4.78, 5) is 0. The molecule has 0 aliphatic heterocycles. The second kappa shape index (κ2) is 4.96. The predicted octanol–water partition coefficient (Wildman–Crippen LogP) is 3.97. The molecule has 18 heavy (non-hydrogen) atoms. The lowest BCUT2D eigenvalue weighted by molar-refractivity contribution is 1.43. The largest absolute Gasteiger partial charge is 0.397 e. The van der Waals surface area contributed by atoms with Crippen molar-refractivity contribution in [2.24, 2.45) is 0 Å². The van der Waals surface area contributed by atoms with E-state index in [0.717, 1.165) is 28.2 Å². The highest BCUT2D eigenvalue weighted by Gasteiger charge is 2.02. The summed E-state index contributed by atoms with van der Waals surface area (Å²) < 4.78 is 0. The molecule has 0 amide bonds. The van der Waals surface area contributed by atoms with E-state index in [0.29, 0.717) is 0 Å². The van der Waals surface area contributed by atoms with E-state index in [1.165, 1.54) is 5.56 Å². The van der Waals surface area contributed by atoms with Crippen LogP contribution in [0.4, 0.5) is 11.4 Å². The van der Waals surface area contributed by atoms with Crippen LogP contribution in [0.3, 0.4) is 0 Å². The van der Waals surface area contributed by atoms with Gasteiger partial charge in [-0.2, -0.15) is 0 Å². The smallest absolute Gasteiger partial charge is 0.0618 e. The van der Waals surface area contributed by atoms with Gasteiger partial charge in [0, 0.05) is 5.70 Å². The molecule has 3 N–H and O–H groups in total. The summed E-state index contributed by atoms with van der Waals surface area (Å²) >= 11 is 0. The SMILES string of the molecule is C=C(Nc1ccc(C)cc1N)c1ccc(C)cc1. The minimum absolute atomic E-state index is 0.739. The molecule has 0 aromatic heterocycles. The summed E-state index contributed by atoms with van der Waals surface area (Å²) in [6.07, 6.45) is 0. The molecule has 0 fully saturated rings. The number of rotatable bonds is 3. The summed E-state index contributed by atoms with van der Waals surface area (Å²) in [7, 11) is 0. The van der Waals surface area contributed by atoms with Gasteiger partial charge in [0.1, 0.15) is 0 Å². The van der Waals surface area contributed by atoms with E-state index in [1.807, 2.05) is 25.1 Å². The first kappa shape index (κ1) is 12.2. The highest BCUT2D eigenvalue weighted by Crippen LogP contribution is 2.24. The number of anilines is 2. The lowest BCUT2D eigenvalue weighted by atomic mass is 10.1. The van der Waals surface area contributed by atoms with Crippen molar-refractivity contribution >= 4 is 17.1 Å². The Bertz CT molecular complexity index is 568. The Morgan fingerprint density at radius 3 is 2.22 bits per heavy atom. The van der Waals surface area contributed by atoms with Crippen molar-refractivity contribution in [2.75, 3.05) is 11.1 Å². The van der Waals surface area contributed by atoms with Crippen molar-refractivity contribution in [3.05, 3.63) is 65.7 Å². The van der Waals surface area contributed by atoms with Gasteiger partial charge in [0.25, 0.3) is 0 Å². The number of benzene rings is 2. The van der Waals surface area contributed by atoms with Crippen LogP contribution in [-0.2, 0) is 0 Å². The highest BCUT2D eigenvalue weighted by atomic mass is 14.9. The molecule has 0 saturated carbocycles. The van der Waals surface area contributed by atoms with Crippen LogP contribution in [0, 0.1) is 13.8 Å². The van der Waals surface area contributed by atoms with Gasteiger partial charge in [-0.05, 0) is 37.1 Å². The Hall–Kier alpha value is -2.22. The monoisotopic (exact) mass is 238 g/mol. The topological polar surface area (TPSA) is 38.0 Å². The molecule has 0 spiro atoms. The van der Waals surface area contributed by atoms with Crippen molar-refractivity contribution in [2.45, 2.75) is 13.8 Å². The third-order valence-corrected chi connectivity index (χ3v) is 2.89. The number of aryl methyl sites for hydroxylation is 2. The molecule has 2 aromatic carbocycles. The molecule has 2 heteroatoms. The van der Waals surface area contributed by atoms with Gasteiger partial charge in [-0.25, -0.2) is 0 Å². The molecule has 0 heterocycles.